The zero-order chi connectivity index (χ0) is 19.3. The minimum atomic E-state index is -0.294. The molecule has 1 amide bonds. The minimum Gasteiger partial charge on any atom is -0.307 e. The predicted molar refractivity (Wildman–Crippen MR) is 108 cm³/mol. The number of carbonyl (C=O) groups is 1. The van der Waals surface area contributed by atoms with Gasteiger partial charge in [-0.25, -0.2) is 14.6 Å². The summed E-state index contributed by atoms with van der Waals surface area (Å²) >= 11 is 5.92. The summed E-state index contributed by atoms with van der Waals surface area (Å²) in [5.74, 6) is 0.870. The zero-order valence-electron chi connectivity index (χ0n) is 14.8. The number of aromatic nitrogens is 4. The maximum absolute atomic E-state index is 12.6. The Morgan fingerprint density at radius 2 is 1.68 bits per heavy atom. The van der Waals surface area contributed by atoms with E-state index in [9.17, 15) is 4.79 Å². The zero-order valence-corrected chi connectivity index (χ0v) is 15.5. The molecule has 0 fully saturated rings. The van der Waals surface area contributed by atoms with E-state index in [4.69, 9.17) is 11.6 Å². The molecule has 0 aliphatic rings. The van der Waals surface area contributed by atoms with Gasteiger partial charge in [0.25, 0.3) is 5.91 Å². The van der Waals surface area contributed by atoms with Crippen molar-refractivity contribution in [2.24, 2.45) is 0 Å². The molecule has 4 aromatic rings. The maximum Gasteiger partial charge on any atom is 0.259 e. The van der Waals surface area contributed by atoms with Crippen molar-refractivity contribution < 1.29 is 4.79 Å². The van der Waals surface area contributed by atoms with E-state index in [2.05, 4.69) is 20.4 Å². The Morgan fingerprint density at radius 1 is 0.964 bits per heavy atom. The number of carbonyl (C=O) groups excluding carboxylic acids is 1. The van der Waals surface area contributed by atoms with Crippen molar-refractivity contribution in [1.82, 2.24) is 19.7 Å². The number of nitrogens with zero attached hydrogens (tertiary/aromatic N) is 4. The van der Waals surface area contributed by atoms with Crippen LogP contribution in [0.1, 0.15) is 15.9 Å². The Bertz CT molecular complexity index is 1080. The van der Waals surface area contributed by atoms with Crippen molar-refractivity contribution in [3.8, 4) is 11.4 Å². The molecule has 0 aliphatic carbocycles. The quantitative estimate of drug-likeness (QED) is 0.552. The highest BCUT2D eigenvalue weighted by Crippen LogP contribution is 2.16. The van der Waals surface area contributed by atoms with Crippen LogP contribution >= 0.6 is 11.6 Å². The van der Waals surface area contributed by atoms with E-state index in [1.165, 1.54) is 12.4 Å². The highest BCUT2D eigenvalue weighted by molar-refractivity contribution is 6.30. The minimum absolute atomic E-state index is 0.294. The lowest BCUT2D eigenvalue weighted by Gasteiger charge is -2.09. The molecule has 2 heterocycles. The van der Waals surface area contributed by atoms with Crippen molar-refractivity contribution in [2.45, 2.75) is 6.54 Å². The van der Waals surface area contributed by atoms with Crippen LogP contribution in [0.3, 0.4) is 0 Å². The first-order chi connectivity index (χ1) is 13.7. The Balaban J connectivity index is 1.47. The van der Waals surface area contributed by atoms with Crippen molar-refractivity contribution >= 4 is 23.3 Å². The Labute approximate surface area is 166 Å². The number of nitrogens with one attached hydrogen (secondary N) is 1. The number of anilines is 1. The van der Waals surface area contributed by atoms with Gasteiger partial charge in [0.15, 0.2) is 5.82 Å². The summed E-state index contributed by atoms with van der Waals surface area (Å²) in [6, 6.07) is 18.8. The van der Waals surface area contributed by atoms with E-state index >= 15 is 0 Å². The van der Waals surface area contributed by atoms with Crippen LogP contribution in [-0.2, 0) is 6.54 Å². The van der Waals surface area contributed by atoms with Crippen molar-refractivity contribution in [3.05, 3.63) is 95.4 Å². The first-order valence-electron chi connectivity index (χ1n) is 8.64. The standard InChI is InChI=1S/C21H16ClN5O/c22-18-8-6-15(7-9-18)14-27-19(10-11-25-27)26-21(28)17-12-23-20(24-13-17)16-4-2-1-3-5-16/h1-13H,14H2,(H,26,28). The summed E-state index contributed by atoms with van der Waals surface area (Å²) < 4.78 is 1.71. The summed E-state index contributed by atoms with van der Waals surface area (Å²) in [6.07, 6.45) is 4.68. The number of benzene rings is 2. The van der Waals surface area contributed by atoms with Gasteiger partial charge in [-0.1, -0.05) is 54.1 Å². The third-order valence-electron chi connectivity index (χ3n) is 4.15. The maximum atomic E-state index is 12.6. The van der Waals surface area contributed by atoms with Crippen molar-refractivity contribution in [2.75, 3.05) is 5.32 Å². The van der Waals surface area contributed by atoms with Gasteiger partial charge in [0.05, 0.1) is 18.3 Å². The van der Waals surface area contributed by atoms with Gasteiger partial charge in [-0.3, -0.25) is 4.79 Å². The first kappa shape index (κ1) is 17.9. The molecule has 138 valence electrons. The van der Waals surface area contributed by atoms with Crippen molar-refractivity contribution in [1.29, 1.82) is 0 Å². The molecule has 4 rings (SSSR count). The van der Waals surface area contributed by atoms with Crippen LogP contribution in [0, 0.1) is 0 Å². The molecule has 2 aromatic carbocycles. The number of halogens is 1. The Hall–Kier alpha value is -3.51. The lowest BCUT2D eigenvalue weighted by molar-refractivity contribution is 0.102. The van der Waals surface area contributed by atoms with Crippen LogP contribution in [0.4, 0.5) is 5.82 Å². The number of hydrogen-bond donors (Lipinski definition) is 1. The molecule has 7 heteroatoms. The molecule has 28 heavy (non-hydrogen) atoms. The topological polar surface area (TPSA) is 72.7 Å². The third-order valence-corrected chi connectivity index (χ3v) is 4.40. The van der Waals surface area contributed by atoms with E-state index in [-0.39, 0.29) is 5.91 Å². The van der Waals surface area contributed by atoms with E-state index in [1.54, 1.807) is 16.9 Å². The van der Waals surface area contributed by atoms with Gasteiger partial charge in [-0.05, 0) is 17.7 Å². The number of rotatable bonds is 5. The van der Waals surface area contributed by atoms with Gasteiger partial charge in [-0.15, -0.1) is 0 Å². The third kappa shape index (κ3) is 4.07. The van der Waals surface area contributed by atoms with E-state index < -0.39 is 0 Å². The van der Waals surface area contributed by atoms with Gasteiger partial charge in [0.2, 0.25) is 0 Å². The van der Waals surface area contributed by atoms with Crippen LogP contribution in [-0.4, -0.2) is 25.7 Å². The molecule has 0 bridgehead atoms. The fourth-order valence-electron chi connectivity index (χ4n) is 2.70. The van der Waals surface area contributed by atoms with E-state index in [1.807, 2.05) is 54.6 Å². The molecule has 2 aromatic heterocycles. The Kier molecular flexibility index (Phi) is 5.12. The highest BCUT2D eigenvalue weighted by Gasteiger charge is 2.12. The van der Waals surface area contributed by atoms with Crippen LogP contribution < -0.4 is 5.32 Å². The lowest BCUT2D eigenvalue weighted by atomic mass is 10.2. The molecule has 0 atom stereocenters. The fraction of sp³-hybridized carbons (Fsp3) is 0.0476. The molecular weight excluding hydrogens is 374 g/mol. The fourth-order valence-corrected chi connectivity index (χ4v) is 2.82. The van der Waals surface area contributed by atoms with Gasteiger partial charge in [-0.2, -0.15) is 5.10 Å². The smallest absolute Gasteiger partial charge is 0.259 e. The van der Waals surface area contributed by atoms with E-state index in [0.29, 0.717) is 28.8 Å². The van der Waals surface area contributed by atoms with Gasteiger partial charge < -0.3 is 5.32 Å². The second-order valence-corrected chi connectivity index (χ2v) is 6.55. The molecule has 0 spiro atoms. The molecule has 0 radical (unpaired) electrons. The van der Waals surface area contributed by atoms with Crippen LogP contribution in [0.25, 0.3) is 11.4 Å². The summed E-state index contributed by atoms with van der Waals surface area (Å²) in [7, 11) is 0. The van der Waals surface area contributed by atoms with Crippen molar-refractivity contribution in [3.63, 3.8) is 0 Å². The van der Waals surface area contributed by atoms with Crippen LogP contribution in [0.2, 0.25) is 5.02 Å². The van der Waals surface area contributed by atoms with E-state index in [0.717, 1.165) is 11.1 Å². The second-order valence-electron chi connectivity index (χ2n) is 6.12. The predicted octanol–water partition coefficient (Wildman–Crippen LogP) is 4.29. The number of hydrogen-bond acceptors (Lipinski definition) is 4. The second kappa shape index (κ2) is 8.02. The first-order valence-corrected chi connectivity index (χ1v) is 9.02. The Morgan fingerprint density at radius 3 is 2.39 bits per heavy atom. The molecular formula is C21H16ClN5O. The van der Waals surface area contributed by atoms with Crippen LogP contribution in [0.5, 0.6) is 0 Å². The largest absolute Gasteiger partial charge is 0.307 e. The number of amides is 1. The SMILES string of the molecule is O=C(Nc1ccnn1Cc1ccc(Cl)cc1)c1cnc(-c2ccccc2)nc1. The summed E-state index contributed by atoms with van der Waals surface area (Å²) in [4.78, 5) is 21.1. The average Bonchev–Trinajstić information content (AvgIpc) is 3.17. The molecule has 6 nitrogen and oxygen atoms in total. The normalized spacial score (nSPS) is 10.6. The molecule has 0 unspecified atom stereocenters. The summed E-state index contributed by atoms with van der Waals surface area (Å²) in [6.45, 7) is 0.517. The van der Waals surface area contributed by atoms with Gasteiger partial charge in [0, 0.05) is 29.0 Å². The summed E-state index contributed by atoms with van der Waals surface area (Å²) in [5.41, 5.74) is 2.30. The molecule has 0 saturated carbocycles. The molecule has 1 N–H and O–H groups in total. The van der Waals surface area contributed by atoms with Gasteiger partial charge in [0.1, 0.15) is 5.82 Å². The molecule has 0 saturated heterocycles. The van der Waals surface area contributed by atoms with Crippen LogP contribution in [0.15, 0.2) is 79.3 Å². The monoisotopic (exact) mass is 389 g/mol. The summed E-state index contributed by atoms with van der Waals surface area (Å²) in [5, 5.41) is 7.80. The lowest BCUT2D eigenvalue weighted by Crippen LogP contribution is -2.16. The van der Waals surface area contributed by atoms with Gasteiger partial charge >= 0.3 is 0 Å². The molecule has 0 aliphatic heterocycles. The highest BCUT2D eigenvalue weighted by atomic mass is 35.5. The average molecular weight is 390 g/mol.